The lowest BCUT2D eigenvalue weighted by atomic mass is 9.97. The summed E-state index contributed by atoms with van der Waals surface area (Å²) in [6, 6.07) is 0. The Balaban J connectivity index is 2.33. The van der Waals surface area contributed by atoms with Crippen molar-refractivity contribution in [2.45, 2.75) is 77.7 Å². The fourth-order valence-corrected chi connectivity index (χ4v) is 2.55. The van der Waals surface area contributed by atoms with Crippen LogP contribution in [-0.2, 0) is 14.4 Å². The van der Waals surface area contributed by atoms with Crippen LogP contribution in [0.5, 0.6) is 0 Å². The molecule has 0 atom stereocenters. The van der Waals surface area contributed by atoms with Gasteiger partial charge in [0.05, 0.1) is 0 Å². The van der Waals surface area contributed by atoms with Gasteiger partial charge in [-0.15, -0.1) is 0 Å². The minimum atomic E-state index is -0.938. The monoisotopic (exact) mass is 296 g/mol. The molecule has 1 saturated heterocycles. The highest BCUT2D eigenvalue weighted by Crippen LogP contribution is 2.20. The summed E-state index contributed by atoms with van der Waals surface area (Å²) in [5.74, 6) is -0.893. The normalized spacial score (nSPS) is 17.8. The summed E-state index contributed by atoms with van der Waals surface area (Å²) in [6.45, 7) is 5.53. The molecule has 0 aromatic rings. The standard InChI is InChI=1S/C16H28N2O3/c1-4-5-6-7-8-9-10-11-14(20)18-12-13(19)17-15(21)16(18,2)3/h4-12H2,1-3H3,(H,17,19,21). The molecule has 120 valence electrons. The molecule has 0 aromatic heterocycles. The van der Waals surface area contributed by atoms with E-state index in [1.54, 1.807) is 13.8 Å². The first-order valence-corrected chi connectivity index (χ1v) is 8.04. The second-order valence-electron chi connectivity index (χ2n) is 6.29. The highest BCUT2D eigenvalue weighted by Gasteiger charge is 2.42. The number of unbranched alkanes of at least 4 members (excludes halogenated alkanes) is 6. The number of carbonyl (C=O) groups is 3. The van der Waals surface area contributed by atoms with Gasteiger partial charge in [-0.05, 0) is 20.3 Å². The average molecular weight is 296 g/mol. The third-order valence-electron chi connectivity index (χ3n) is 4.08. The molecule has 1 fully saturated rings. The number of hydrogen-bond acceptors (Lipinski definition) is 3. The minimum absolute atomic E-state index is 0.0198. The van der Waals surface area contributed by atoms with E-state index < -0.39 is 17.4 Å². The lowest BCUT2D eigenvalue weighted by Crippen LogP contribution is -2.65. The van der Waals surface area contributed by atoms with E-state index in [2.05, 4.69) is 12.2 Å². The van der Waals surface area contributed by atoms with Gasteiger partial charge in [0.2, 0.25) is 11.8 Å². The zero-order chi connectivity index (χ0) is 15.9. The molecule has 0 bridgehead atoms. The van der Waals surface area contributed by atoms with Crippen LogP contribution >= 0.6 is 0 Å². The number of carbonyl (C=O) groups excluding carboxylic acids is 3. The van der Waals surface area contributed by atoms with Crippen molar-refractivity contribution in [1.82, 2.24) is 10.2 Å². The molecule has 21 heavy (non-hydrogen) atoms. The Hall–Kier alpha value is -1.39. The molecule has 1 aliphatic rings. The Kier molecular flexibility index (Phi) is 6.85. The Labute approximate surface area is 127 Å². The van der Waals surface area contributed by atoms with E-state index >= 15 is 0 Å². The van der Waals surface area contributed by atoms with Crippen molar-refractivity contribution < 1.29 is 14.4 Å². The van der Waals surface area contributed by atoms with Crippen molar-refractivity contribution in [3.63, 3.8) is 0 Å². The second-order valence-corrected chi connectivity index (χ2v) is 6.29. The predicted octanol–water partition coefficient (Wildman–Crippen LogP) is 2.39. The van der Waals surface area contributed by atoms with E-state index in [-0.39, 0.29) is 12.5 Å². The Bertz CT molecular complexity index is 391. The van der Waals surface area contributed by atoms with Gasteiger partial charge in [-0.1, -0.05) is 45.4 Å². The van der Waals surface area contributed by atoms with Gasteiger partial charge in [0.15, 0.2) is 0 Å². The minimum Gasteiger partial charge on any atom is -0.319 e. The predicted molar refractivity (Wildman–Crippen MR) is 81.6 cm³/mol. The molecular weight excluding hydrogens is 268 g/mol. The summed E-state index contributed by atoms with van der Waals surface area (Å²) >= 11 is 0. The van der Waals surface area contributed by atoms with E-state index in [1.165, 1.54) is 30.6 Å². The molecule has 0 unspecified atom stereocenters. The van der Waals surface area contributed by atoms with Crippen LogP contribution in [0.25, 0.3) is 0 Å². The summed E-state index contributed by atoms with van der Waals surface area (Å²) in [6.07, 6.45) is 8.41. The lowest BCUT2D eigenvalue weighted by molar-refractivity contribution is -0.155. The summed E-state index contributed by atoms with van der Waals surface area (Å²) in [5, 5.41) is 2.28. The second kappa shape index (κ2) is 8.15. The number of rotatable bonds is 8. The molecule has 0 aliphatic carbocycles. The van der Waals surface area contributed by atoms with Gasteiger partial charge in [-0.3, -0.25) is 19.7 Å². The van der Waals surface area contributed by atoms with Crippen LogP contribution in [0.15, 0.2) is 0 Å². The lowest BCUT2D eigenvalue weighted by Gasteiger charge is -2.40. The molecule has 5 nitrogen and oxygen atoms in total. The van der Waals surface area contributed by atoms with Crippen LogP contribution < -0.4 is 5.32 Å². The number of nitrogens with one attached hydrogen (secondary N) is 1. The molecular formula is C16H28N2O3. The van der Waals surface area contributed by atoms with E-state index in [4.69, 9.17) is 0 Å². The third-order valence-corrected chi connectivity index (χ3v) is 4.08. The molecule has 0 aromatic carbocycles. The van der Waals surface area contributed by atoms with Crippen LogP contribution in [0, 0.1) is 0 Å². The molecule has 3 amide bonds. The molecule has 0 spiro atoms. The maximum absolute atomic E-state index is 12.2. The van der Waals surface area contributed by atoms with Crippen molar-refractivity contribution in [3.8, 4) is 0 Å². The molecule has 0 radical (unpaired) electrons. The molecule has 1 aliphatic heterocycles. The number of imide groups is 1. The number of hydrogen-bond donors (Lipinski definition) is 1. The number of piperazine rings is 1. The summed E-state index contributed by atoms with van der Waals surface area (Å²) < 4.78 is 0. The van der Waals surface area contributed by atoms with Gasteiger partial charge < -0.3 is 4.90 Å². The topological polar surface area (TPSA) is 66.5 Å². The van der Waals surface area contributed by atoms with Gasteiger partial charge in [-0.2, -0.15) is 0 Å². The third kappa shape index (κ3) is 5.14. The summed E-state index contributed by atoms with van der Waals surface area (Å²) in [5.41, 5.74) is -0.938. The van der Waals surface area contributed by atoms with E-state index in [0.717, 1.165) is 19.3 Å². The Morgan fingerprint density at radius 1 is 1.10 bits per heavy atom. The highest BCUT2D eigenvalue weighted by molar-refractivity contribution is 6.06. The fraction of sp³-hybridized carbons (Fsp3) is 0.812. The maximum Gasteiger partial charge on any atom is 0.252 e. The summed E-state index contributed by atoms with van der Waals surface area (Å²) in [4.78, 5) is 36.9. The SMILES string of the molecule is CCCCCCCCCC(=O)N1CC(=O)NC(=O)C1(C)C. The molecule has 1 N–H and O–H groups in total. The Morgan fingerprint density at radius 2 is 1.67 bits per heavy atom. The van der Waals surface area contributed by atoms with Gasteiger partial charge in [0, 0.05) is 6.42 Å². The van der Waals surface area contributed by atoms with Crippen LogP contribution in [0.1, 0.15) is 72.1 Å². The molecule has 5 heteroatoms. The number of amides is 3. The van der Waals surface area contributed by atoms with Crippen molar-refractivity contribution in [3.05, 3.63) is 0 Å². The van der Waals surface area contributed by atoms with Gasteiger partial charge in [0.1, 0.15) is 12.1 Å². The van der Waals surface area contributed by atoms with Crippen LogP contribution in [0.3, 0.4) is 0 Å². The van der Waals surface area contributed by atoms with Crippen molar-refractivity contribution in [2.75, 3.05) is 6.54 Å². The number of nitrogens with zero attached hydrogens (tertiary/aromatic N) is 1. The van der Waals surface area contributed by atoms with E-state index in [1.807, 2.05) is 0 Å². The first kappa shape index (κ1) is 17.7. The van der Waals surface area contributed by atoms with Crippen LogP contribution in [-0.4, -0.2) is 34.7 Å². The smallest absolute Gasteiger partial charge is 0.252 e. The maximum atomic E-state index is 12.2. The Morgan fingerprint density at radius 3 is 2.29 bits per heavy atom. The largest absolute Gasteiger partial charge is 0.319 e. The average Bonchev–Trinajstić information content (AvgIpc) is 2.42. The van der Waals surface area contributed by atoms with Crippen molar-refractivity contribution in [2.24, 2.45) is 0 Å². The van der Waals surface area contributed by atoms with Crippen LogP contribution in [0.4, 0.5) is 0 Å². The molecule has 1 heterocycles. The highest BCUT2D eigenvalue weighted by atomic mass is 16.2. The van der Waals surface area contributed by atoms with Gasteiger partial charge in [0.25, 0.3) is 5.91 Å². The van der Waals surface area contributed by atoms with E-state index in [0.29, 0.717) is 6.42 Å². The van der Waals surface area contributed by atoms with Crippen LogP contribution in [0.2, 0.25) is 0 Å². The quantitative estimate of drug-likeness (QED) is 0.552. The van der Waals surface area contributed by atoms with E-state index in [9.17, 15) is 14.4 Å². The first-order chi connectivity index (χ1) is 9.89. The van der Waals surface area contributed by atoms with Gasteiger partial charge >= 0.3 is 0 Å². The molecule has 1 rings (SSSR count). The van der Waals surface area contributed by atoms with Gasteiger partial charge in [-0.25, -0.2) is 0 Å². The zero-order valence-corrected chi connectivity index (χ0v) is 13.5. The molecule has 0 saturated carbocycles. The zero-order valence-electron chi connectivity index (χ0n) is 13.5. The summed E-state index contributed by atoms with van der Waals surface area (Å²) in [7, 11) is 0. The first-order valence-electron chi connectivity index (χ1n) is 8.04. The van der Waals surface area contributed by atoms with Crippen molar-refractivity contribution >= 4 is 17.7 Å². The van der Waals surface area contributed by atoms with Crippen molar-refractivity contribution in [1.29, 1.82) is 0 Å². The fourth-order valence-electron chi connectivity index (χ4n) is 2.55.